The van der Waals surface area contributed by atoms with E-state index in [1.165, 1.54) is 12.3 Å². The summed E-state index contributed by atoms with van der Waals surface area (Å²) >= 11 is 0. The maximum absolute atomic E-state index is 15.1. The third-order valence-corrected chi connectivity index (χ3v) is 6.54. The predicted molar refractivity (Wildman–Crippen MR) is 142 cm³/mol. The summed E-state index contributed by atoms with van der Waals surface area (Å²) in [5, 5.41) is 3.05. The van der Waals surface area contributed by atoms with Crippen LogP contribution >= 0.6 is 0 Å². The fraction of sp³-hybridized carbons (Fsp3) is 0.536. The van der Waals surface area contributed by atoms with Gasteiger partial charge in [-0.2, -0.15) is 0 Å². The molecule has 1 aromatic heterocycles. The number of pyridine rings is 1. The highest BCUT2D eigenvalue weighted by Gasteiger charge is 2.42. The van der Waals surface area contributed by atoms with Crippen molar-refractivity contribution in [3.8, 4) is 11.5 Å². The molecule has 39 heavy (non-hydrogen) atoms. The Labute approximate surface area is 227 Å². The molecule has 0 unspecified atom stereocenters. The van der Waals surface area contributed by atoms with Gasteiger partial charge in [-0.1, -0.05) is 0 Å². The molecule has 1 amide bonds. The number of halogens is 2. The number of nitrogens with one attached hydrogen (secondary N) is 1. The number of hydrogen-bond donors (Lipinski definition) is 2. The summed E-state index contributed by atoms with van der Waals surface area (Å²) in [6, 6.07) is 0.856. The second-order valence-electron chi connectivity index (χ2n) is 11.3. The van der Waals surface area contributed by atoms with Gasteiger partial charge in [0.05, 0.1) is 17.8 Å². The number of nitrogens with two attached hydrogens (primary N) is 1. The minimum Gasteiger partial charge on any atom is -0.490 e. The minimum absolute atomic E-state index is 0.0425. The summed E-state index contributed by atoms with van der Waals surface area (Å²) in [4.78, 5) is 31.4. The number of hydrogen-bond acceptors (Lipinski definition) is 8. The number of carbonyl (C=O) groups is 2. The van der Waals surface area contributed by atoms with Gasteiger partial charge in [0.25, 0.3) is 5.91 Å². The average molecular weight is 547 g/mol. The largest absolute Gasteiger partial charge is 0.490 e. The number of anilines is 2. The number of aromatic nitrogens is 1. The van der Waals surface area contributed by atoms with Crippen LogP contribution in [0.2, 0.25) is 0 Å². The normalized spacial score (nSPS) is 18.8. The number of rotatable bonds is 7. The van der Waals surface area contributed by atoms with Crippen molar-refractivity contribution in [1.82, 2.24) is 9.88 Å². The molecule has 2 aromatic rings. The van der Waals surface area contributed by atoms with Crippen LogP contribution in [0.15, 0.2) is 12.3 Å². The summed E-state index contributed by atoms with van der Waals surface area (Å²) in [6.07, 6.45) is 1.77. The van der Waals surface area contributed by atoms with Gasteiger partial charge in [-0.15, -0.1) is 0 Å². The first-order valence-corrected chi connectivity index (χ1v) is 13.1. The fourth-order valence-corrected chi connectivity index (χ4v) is 4.81. The van der Waals surface area contributed by atoms with Gasteiger partial charge in [0.15, 0.2) is 23.2 Å². The molecule has 2 aliphatic heterocycles. The number of esters is 1. The number of carbonyl (C=O) groups excluding carboxylic acids is 2. The van der Waals surface area contributed by atoms with Crippen LogP contribution in [0.25, 0.3) is 0 Å². The van der Waals surface area contributed by atoms with Gasteiger partial charge in [0.2, 0.25) is 0 Å². The highest BCUT2D eigenvalue weighted by atomic mass is 19.1. The molecule has 0 bridgehead atoms. The molecule has 2 aliphatic rings. The molecule has 1 saturated heterocycles. The predicted octanol–water partition coefficient (Wildman–Crippen LogP) is 4.40. The molecule has 3 heterocycles. The second kappa shape index (κ2) is 10.9. The third-order valence-electron chi connectivity index (χ3n) is 6.54. The summed E-state index contributed by atoms with van der Waals surface area (Å²) in [5.41, 5.74) is 6.10. The molecule has 3 N–H and O–H groups in total. The van der Waals surface area contributed by atoms with E-state index in [0.29, 0.717) is 17.5 Å². The van der Waals surface area contributed by atoms with Crippen LogP contribution in [0.4, 0.5) is 20.3 Å². The molecule has 212 valence electrons. The molecule has 9 nitrogen and oxygen atoms in total. The van der Waals surface area contributed by atoms with Crippen molar-refractivity contribution in [3.05, 3.63) is 40.6 Å². The molecule has 11 heteroatoms. The molecule has 0 radical (unpaired) electrons. The van der Waals surface area contributed by atoms with Crippen LogP contribution in [0.5, 0.6) is 11.5 Å². The zero-order chi connectivity index (χ0) is 28.6. The van der Waals surface area contributed by atoms with Crippen LogP contribution < -0.4 is 20.5 Å². The maximum atomic E-state index is 15.1. The van der Waals surface area contributed by atoms with Crippen molar-refractivity contribution in [2.45, 2.75) is 84.6 Å². The Morgan fingerprint density at radius 2 is 2.03 bits per heavy atom. The van der Waals surface area contributed by atoms with Crippen LogP contribution in [-0.2, 0) is 16.0 Å². The summed E-state index contributed by atoms with van der Waals surface area (Å²) in [7, 11) is 0. The SMILES string of the molecule is Cc1cc2c(c(OC(C)C)c1F)C(=O)N1C[C@@H](Nc3ncc(CCC(=O)OC(C)(C)C)c(N)c3F)C[C@@H]1CO2. The Balaban J connectivity index is 1.48. The number of nitrogen functional groups attached to an aromatic ring is 1. The number of benzene rings is 1. The number of fused-ring (bicyclic) bond motifs is 2. The lowest BCUT2D eigenvalue weighted by molar-refractivity contribution is -0.154. The molecule has 1 aromatic carbocycles. The van der Waals surface area contributed by atoms with Crippen molar-refractivity contribution in [1.29, 1.82) is 0 Å². The molecule has 2 atom stereocenters. The molecule has 4 rings (SSSR count). The Morgan fingerprint density at radius 3 is 2.69 bits per heavy atom. The smallest absolute Gasteiger partial charge is 0.306 e. The van der Waals surface area contributed by atoms with E-state index < -0.39 is 29.1 Å². The Morgan fingerprint density at radius 1 is 1.31 bits per heavy atom. The monoisotopic (exact) mass is 546 g/mol. The zero-order valence-electron chi connectivity index (χ0n) is 23.2. The standard InChI is InChI=1S/C28H36F2N4O5/c1-14(2)38-25-21-19(9-15(3)22(25)29)37-13-18-10-17(12-34(18)27(21)36)33-26-23(30)24(31)16(11-32-26)7-8-20(35)39-28(4,5)6/h9,11,14,17-18H,7-8,10,12-13H2,1-6H3,(H3,31,32,33)/t17-,18+/m0/s1. The van der Waals surface area contributed by atoms with Gasteiger partial charge in [-0.3, -0.25) is 9.59 Å². The minimum atomic E-state index is -0.725. The van der Waals surface area contributed by atoms with E-state index in [4.69, 9.17) is 19.9 Å². The van der Waals surface area contributed by atoms with Crippen LogP contribution in [0.3, 0.4) is 0 Å². The summed E-state index contributed by atoms with van der Waals surface area (Å²) in [5.74, 6) is -2.02. The average Bonchev–Trinajstić information content (AvgIpc) is 3.19. The van der Waals surface area contributed by atoms with Crippen LogP contribution in [-0.4, -0.2) is 58.7 Å². The van der Waals surface area contributed by atoms with Gasteiger partial charge >= 0.3 is 5.97 Å². The van der Waals surface area contributed by atoms with E-state index in [0.717, 1.165) is 0 Å². The maximum Gasteiger partial charge on any atom is 0.306 e. The van der Waals surface area contributed by atoms with Crippen molar-refractivity contribution in [2.75, 3.05) is 24.2 Å². The van der Waals surface area contributed by atoms with Gasteiger partial charge in [-0.25, -0.2) is 13.8 Å². The molecule has 0 saturated carbocycles. The first-order chi connectivity index (χ1) is 18.2. The molecule has 0 aliphatic carbocycles. The van der Waals surface area contributed by atoms with E-state index in [-0.39, 0.29) is 72.7 Å². The lowest BCUT2D eigenvalue weighted by atomic mass is 10.1. The van der Waals surface area contributed by atoms with E-state index in [9.17, 15) is 14.0 Å². The van der Waals surface area contributed by atoms with Gasteiger partial charge in [0.1, 0.15) is 23.5 Å². The van der Waals surface area contributed by atoms with Crippen molar-refractivity contribution in [3.63, 3.8) is 0 Å². The van der Waals surface area contributed by atoms with E-state index in [2.05, 4.69) is 10.3 Å². The number of ether oxygens (including phenoxy) is 3. The third kappa shape index (κ3) is 6.17. The highest BCUT2D eigenvalue weighted by Crippen LogP contribution is 2.39. The summed E-state index contributed by atoms with van der Waals surface area (Å²) < 4.78 is 47.1. The van der Waals surface area contributed by atoms with E-state index in [1.54, 1.807) is 46.4 Å². The lowest BCUT2D eigenvalue weighted by Crippen LogP contribution is -2.37. The fourth-order valence-electron chi connectivity index (χ4n) is 4.81. The second-order valence-corrected chi connectivity index (χ2v) is 11.3. The molecule has 0 spiro atoms. The van der Waals surface area contributed by atoms with Crippen molar-refractivity contribution >= 4 is 23.4 Å². The topological polar surface area (TPSA) is 116 Å². The number of aryl methyl sites for hydroxylation is 2. The first kappa shape index (κ1) is 28.4. The van der Waals surface area contributed by atoms with Gasteiger partial charge in [0, 0.05) is 25.2 Å². The van der Waals surface area contributed by atoms with Gasteiger partial charge < -0.3 is 30.2 Å². The van der Waals surface area contributed by atoms with Crippen LogP contribution in [0, 0.1) is 18.6 Å². The van der Waals surface area contributed by atoms with E-state index in [1.807, 2.05) is 0 Å². The first-order valence-electron chi connectivity index (χ1n) is 13.1. The summed E-state index contributed by atoms with van der Waals surface area (Å²) in [6.45, 7) is 10.8. The Bertz CT molecular complexity index is 1280. The van der Waals surface area contributed by atoms with E-state index >= 15 is 4.39 Å². The quantitative estimate of drug-likeness (QED) is 0.491. The highest BCUT2D eigenvalue weighted by molar-refractivity contribution is 6.00. The molecular weight excluding hydrogens is 510 g/mol. The number of amides is 1. The Kier molecular flexibility index (Phi) is 7.90. The molecular formula is C28H36F2N4O5. The molecule has 1 fully saturated rings. The van der Waals surface area contributed by atoms with Crippen molar-refractivity contribution in [2.24, 2.45) is 0 Å². The lowest BCUT2D eigenvalue weighted by Gasteiger charge is -2.22. The van der Waals surface area contributed by atoms with Crippen molar-refractivity contribution < 1.29 is 32.6 Å². The zero-order valence-corrected chi connectivity index (χ0v) is 23.2. The number of nitrogens with zero attached hydrogens (tertiary/aromatic N) is 2. The van der Waals surface area contributed by atoms with Gasteiger partial charge in [-0.05, 0) is 71.6 Å². The van der Waals surface area contributed by atoms with Crippen LogP contribution in [0.1, 0.15) is 68.9 Å². The Hall–Kier alpha value is -3.63.